The van der Waals surface area contributed by atoms with E-state index in [1.165, 1.54) is 0 Å². The van der Waals surface area contributed by atoms with Crippen molar-refractivity contribution in [1.29, 1.82) is 0 Å². The highest BCUT2D eigenvalue weighted by Crippen LogP contribution is 2.36. The standard InChI is InChI=1S/C15H15BrN2O2/c1-8(2)13-12(16)15(19)18-14(17-13)10-7-20-11-6-4-3-5-9(10)11/h3-6,8,10H,7H2,1-2H3,(H,17,18,19). The molecule has 0 saturated heterocycles. The van der Waals surface area contributed by atoms with Gasteiger partial charge in [0.15, 0.2) is 0 Å². The summed E-state index contributed by atoms with van der Waals surface area (Å²) in [5.74, 6) is 1.72. The second-order valence-corrected chi connectivity index (χ2v) is 6.00. The smallest absolute Gasteiger partial charge is 0.265 e. The Balaban J connectivity index is 2.11. The summed E-state index contributed by atoms with van der Waals surface area (Å²) in [6, 6.07) is 7.87. The van der Waals surface area contributed by atoms with Crippen LogP contribution in [0.2, 0.25) is 0 Å². The number of aromatic nitrogens is 2. The number of nitrogens with one attached hydrogen (secondary N) is 1. The highest BCUT2D eigenvalue weighted by Gasteiger charge is 2.28. The fraction of sp³-hybridized carbons (Fsp3) is 0.333. The molecule has 1 aliphatic rings. The molecule has 20 heavy (non-hydrogen) atoms. The molecule has 4 nitrogen and oxygen atoms in total. The molecule has 1 unspecified atom stereocenters. The van der Waals surface area contributed by atoms with Crippen LogP contribution in [0.4, 0.5) is 0 Å². The minimum Gasteiger partial charge on any atom is -0.492 e. The number of rotatable bonds is 2. The van der Waals surface area contributed by atoms with Crippen molar-refractivity contribution in [1.82, 2.24) is 9.97 Å². The Morgan fingerprint density at radius 3 is 2.90 bits per heavy atom. The van der Waals surface area contributed by atoms with Crippen LogP contribution in [-0.4, -0.2) is 16.6 Å². The molecule has 2 aromatic rings. The Morgan fingerprint density at radius 2 is 2.15 bits per heavy atom. The van der Waals surface area contributed by atoms with E-state index in [-0.39, 0.29) is 17.4 Å². The van der Waals surface area contributed by atoms with Crippen LogP contribution < -0.4 is 10.3 Å². The number of ether oxygens (including phenoxy) is 1. The lowest BCUT2D eigenvalue weighted by Crippen LogP contribution is -2.19. The fourth-order valence-corrected chi connectivity index (χ4v) is 3.08. The number of benzene rings is 1. The summed E-state index contributed by atoms with van der Waals surface area (Å²) in [5, 5.41) is 0. The summed E-state index contributed by atoms with van der Waals surface area (Å²) >= 11 is 3.32. The van der Waals surface area contributed by atoms with E-state index in [9.17, 15) is 4.79 Å². The Bertz CT molecular complexity index is 709. The summed E-state index contributed by atoms with van der Waals surface area (Å²) in [7, 11) is 0. The lowest BCUT2D eigenvalue weighted by Gasteiger charge is -2.13. The van der Waals surface area contributed by atoms with Crippen LogP contribution in [0.3, 0.4) is 0 Å². The van der Waals surface area contributed by atoms with Crippen LogP contribution >= 0.6 is 15.9 Å². The monoisotopic (exact) mass is 334 g/mol. The summed E-state index contributed by atoms with van der Waals surface area (Å²) in [6.45, 7) is 4.56. The molecule has 0 aliphatic carbocycles. The van der Waals surface area contributed by atoms with Gasteiger partial charge in [-0.2, -0.15) is 0 Å². The number of halogens is 1. The molecule has 104 valence electrons. The zero-order chi connectivity index (χ0) is 14.3. The second-order valence-electron chi connectivity index (χ2n) is 5.21. The lowest BCUT2D eigenvalue weighted by atomic mass is 10.00. The average molecular weight is 335 g/mol. The van der Waals surface area contributed by atoms with Crippen LogP contribution in [0.1, 0.15) is 42.8 Å². The number of hydrogen-bond donors (Lipinski definition) is 1. The number of fused-ring (bicyclic) bond motifs is 1. The van der Waals surface area contributed by atoms with E-state index in [0.29, 0.717) is 16.9 Å². The first-order valence-corrected chi connectivity index (χ1v) is 7.38. The van der Waals surface area contributed by atoms with Gasteiger partial charge >= 0.3 is 0 Å². The number of hydrogen-bond acceptors (Lipinski definition) is 3. The van der Waals surface area contributed by atoms with E-state index < -0.39 is 0 Å². The van der Waals surface area contributed by atoms with Crippen molar-refractivity contribution in [2.45, 2.75) is 25.7 Å². The summed E-state index contributed by atoms with van der Waals surface area (Å²) in [5.41, 5.74) is 1.73. The Hall–Kier alpha value is -1.62. The Morgan fingerprint density at radius 1 is 1.40 bits per heavy atom. The SMILES string of the molecule is CC(C)c1nc(C2COc3ccccc32)[nH]c(=O)c1Br. The molecule has 0 fully saturated rings. The highest BCUT2D eigenvalue weighted by atomic mass is 79.9. The molecule has 1 atom stereocenters. The van der Waals surface area contributed by atoms with E-state index in [2.05, 4.69) is 25.9 Å². The van der Waals surface area contributed by atoms with Gasteiger partial charge in [0.2, 0.25) is 0 Å². The summed E-state index contributed by atoms with van der Waals surface area (Å²) < 4.78 is 6.18. The zero-order valence-electron chi connectivity index (χ0n) is 11.3. The van der Waals surface area contributed by atoms with Crippen LogP contribution in [0.15, 0.2) is 33.5 Å². The molecular formula is C15H15BrN2O2. The minimum absolute atomic E-state index is 0.00972. The molecule has 1 aliphatic heterocycles. The molecule has 1 aromatic carbocycles. The van der Waals surface area contributed by atoms with Gasteiger partial charge < -0.3 is 9.72 Å². The molecule has 3 rings (SSSR count). The predicted octanol–water partition coefficient (Wildman–Crippen LogP) is 3.18. The molecular weight excluding hydrogens is 320 g/mol. The first kappa shape index (κ1) is 13.4. The molecule has 0 bridgehead atoms. The Labute approximate surface area is 125 Å². The van der Waals surface area contributed by atoms with Crippen LogP contribution in [-0.2, 0) is 0 Å². The maximum absolute atomic E-state index is 12.1. The largest absolute Gasteiger partial charge is 0.492 e. The molecule has 2 heterocycles. The van der Waals surface area contributed by atoms with E-state index in [0.717, 1.165) is 17.0 Å². The summed E-state index contributed by atoms with van der Waals surface area (Å²) in [6.07, 6.45) is 0. The van der Waals surface area contributed by atoms with Crippen LogP contribution in [0.25, 0.3) is 0 Å². The van der Waals surface area contributed by atoms with Gasteiger partial charge in [-0.25, -0.2) is 4.98 Å². The van der Waals surface area contributed by atoms with Gasteiger partial charge in [-0.3, -0.25) is 4.79 Å². The number of nitrogens with zero attached hydrogens (tertiary/aromatic N) is 1. The second kappa shape index (κ2) is 5.05. The molecule has 1 N–H and O–H groups in total. The zero-order valence-corrected chi connectivity index (χ0v) is 12.9. The normalized spacial score (nSPS) is 17.1. The maximum atomic E-state index is 12.1. The van der Waals surface area contributed by atoms with Gasteiger partial charge in [0, 0.05) is 5.56 Å². The summed E-state index contributed by atoms with van der Waals surface area (Å²) in [4.78, 5) is 19.5. The van der Waals surface area contributed by atoms with Crippen molar-refractivity contribution >= 4 is 15.9 Å². The molecule has 0 amide bonds. The Kier molecular flexibility index (Phi) is 3.38. The van der Waals surface area contributed by atoms with Gasteiger partial charge in [0.05, 0.1) is 11.6 Å². The van der Waals surface area contributed by atoms with Crippen molar-refractivity contribution in [3.05, 3.63) is 56.2 Å². The van der Waals surface area contributed by atoms with Crippen molar-refractivity contribution in [3.8, 4) is 5.75 Å². The third-order valence-electron chi connectivity index (χ3n) is 3.48. The number of aromatic amines is 1. The fourth-order valence-electron chi connectivity index (χ4n) is 2.43. The first-order valence-electron chi connectivity index (χ1n) is 6.59. The van der Waals surface area contributed by atoms with E-state index >= 15 is 0 Å². The van der Waals surface area contributed by atoms with Gasteiger partial charge in [0.25, 0.3) is 5.56 Å². The number of para-hydroxylation sites is 1. The predicted molar refractivity (Wildman–Crippen MR) is 80.4 cm³/mol. The van der Waals surface area contributed by atoms with Crippen LogP contribution in [0.5, 0.6) is 5.75 Å². The highest BCUT2D eigenvalue weighted by molar-refractivity contribution is 9.10. The van der Waals surface area contributed by atoms with Crippen molar-refractivity contribution in [3.63, 3.8) is 0 Å². The molecule has 0 spiro atoms. The quantitative estimate of drug-likeness (QED) is 0.917. The topological polar surface area (TPSA) is 55.0 Å². The van der Waals surface area contributed by atoms with Gasteiger partial charge in [-0.15, -0.1) is 0 Å². The average Bonchev–Trinajstić information content (AvgIpc) is 2.85. The maximum Gasteiger partial charge on any atom is 0.265 e. The van der Waals surface area contributed by atoms with Crippen LogP contribution in [0, 0.1) is 0 Å². The van der Waals surface area contributed by atoms with E-state index in [4.69, 9.17) is 4.74 Å². The molecule has 5 heteroatoms. The van der Waals surface area contributed by atoms with Crippen molar-refractivity contribution < 1.29 is 4.74 Å². The van der Waals surface area contributed by atoms with E-state index in [1.807, 2.05) is 38.1 Å². The molecule has 1 aromatic heterocycles. The van der Waals surface area contributed by atoms with Crippen molar-refractivity contribution in [2.75, 3.05) is 6.61 Å². The van der Waals surface area contributed by atoms with Gasteiger partial charge in [-0.05, 0) is 27.9 Å². The number of H-pyrrole nitrogens is 1. The van der Waals surface area contributed by atoms with Gasteiger partial charge in [0.1, 0.15) is 22.7 Å². The minimum atomic E-state index is -0.136. The van der Waals surface area contributed by atoms with Gasteiger partial charge in [-0.1, -0.05) is 32.0 Å². The first-order chi connectivity index (χ1) is 9.58. The van der Waals surface area contributed by atoms with Crippen molar-refractivity contribution in [2.24, 2.45) is 0 Å². The van der Waals surface area contributed by atoms with E-state index in [1.54, 1.807) is 0 Å². The third kappa shape index (κ3) is 2.16. The lowest BCUT2D eigenvalue weighted by molar-refractivity contribution is 0.339. The molecule has 0 radical (unpaired) electrons. The third-order valence-corrected chi connectivity index (χ3v) is 4.25. The molecule has 0 saturated carbocycles.